The van der Waals surface area contributed by atoms with Gasteiger partial charge in [-0.1, -0.05) is 30.3 Å². The summed E-state index contributed by atoms with van der Waals surface area (Å²) in [7, 11) is 1.51. The number of rotatable bonds is 3. The number of benzene rings is 2. The molecule has 0 saturated carbocycles. The number of ether oxygens (including phenoxy) is 2. The third-order valence-electron chi connectivity index (χ3n) is 5.80. The molecule has 0 bridgehead atoms. The van der Waals surface area contributed by atoms with Crippen LogP contribution in [0.4, 0.5) is 13.2 Å². The van der Waals surface area contributed by atoms with Gasteiger partial charge >= 0.3 is 6.18 Å². The first-order valence-corrected chi connectivity index (χ1v) is 10.2. The minimum atomic E-state index is -4.73. The lowest BCUT2D eigenvalue weighted by molar-refractivity contribution is -0.142. The van der Waals surface area contributed by atoms with E-state index in [1.165, 1.54) is 11.8 Å². The SMILES string of the molecule is COc1ccc(C2C3=C(CCCC3=O)Oc3c2c(C(F)(F)F)nn3-c2ccccc2)cc1. The van der Waals surface area contributed by atoms with Crippen molar-refractivity contribution >= 4 is 5.78 Å². The van der Waals surface area contributed by atoms with E-state index in [2.05, 4.69) is 5.10 Å². The summed E-state index contributed by atoms with van der Waals surface area (Å²) in [5.41, 5.74) is 0.0878. The maximum atomic E-state index is 14.2. The van der Waals surface area contributed by atoms with Gasteiger partial charge in [0.05, 0.1) is 18.4 Å². The maximum Gasteiger partial charge on any atom is 0.435 e. The van der Waals surface area contributed by atoms with Crippen molar-refractivity contribution in [3.63, 3.8) is 0 Å². The molecule has 0 fully saturated rings. The zero-order chi connectivity index (χ0) is 22.5. The van der Waals surface area contributed by atoms with Crippen molar-refractivity contribution < 1.29 is 27.4 Å². The molecule has 2 aromatic carbocycles. The highest BCUT2D eigenvalue weighted by Crippen LogP contribution is 2.51. The number of methoxy groups -OCH3 is 1. The molecule has 0 amide bonds. The molecule has 0 N–H and O–H groups in total. The number of hydrogen-bond acceptors (Lipinski definition) is 4. The monoisotopic (exact) mass is 440 g/mol. The molecule has 3 aromatic rings. The smallest absolute Gasteiger partial charge is 0.435 e. The van der Waals surface area contributed by atoms with E-state index in [0.717, 1.165) is 0 Å². The molecule has 0 spiro atoms. The molecule has 5 nitrogen and oxygen atoms in total. The standard InChI is InChI=1S/C24H19F3N2O3/c1-31-16-12-10-14(11-13-16)19-20-17(30)8-5-9-18(20)32-23-21(19)22(24(25,26)27)28-29(23)15-6-3-2-4-7-15/h2-4,6-7,10-13,19H,5,8-9H2,1H3. The Morgan fingerprint density at radius 3 is 2.44 bits per heavy atom. The van der Waals surface area contributed by atoms with Gasteiger partial charge in [-0.3, -0.25) is 4.79 Å². The summed E-state index contributed by atoms with van der Waals surface area (Å²) in [4.78, 5) is 12.9. The predicted octanol–water partition coefficient (Wildman–Crippen LogP) is 5.43. The Bertz CT molecular complexity index is 1210. The highest BCUT2D eigenvalue weighted by atomic mass is 19.4. The topological polar surface area (TPSA) is 53.4 Å². The van der Waals surface area contributed by atoms with Gasteiger partial charge in [-0.25, -0.2) is 0 Å². The van der Waals surface area contributed by atoms with Gasteiger partial charge in [0.1, 0.15) is 11.5 Å². The summed E-state index contributed by atoms with van der Waals surface area (Å²) in [6.45, 7) is 0. The molecule has 0 radical (unpaired) electrons. The number of carbonyl (C=O) groups is 1. The second-order valence-electron chi connectivity index (χ2n) is 7.73. The highest BCUT2D eigenvalue weighted by molar-refractivity contribution is 5.99. The van der Waals surface area contributed by atoms with E-state index < -0.39 is 17.8 Å². The van der Waals surface area contributed by atoms with Crippen LogP contribution < -0.4 is 9.47 Å². The third-order valence-corrected chi connectivity index (χ3v) is 5.80. The largest absolute Gasteiger partial charge is 0.497 e. The van der Waals surface area contributed by atoms with E-state index >= 15 is 0 Å². The summed E-state index contributed by atoms with van der Waals surface area (Å²) < 4.78 is 54.9. The molecule has 1 atom stereocenters. The van der Waals surface area contributed by atoms with Gasteiger partial charge in [0.15, 0.2) is 11.5 Å². The van der Waals surface area contributed by atoms with Crippen LogP contribution in [0.2, 0.25) is 0 Å². The quantitative estimate of drug-likeness (QED) is 0.545. The molecular weight excluding hydrogens is 421 g/mol. The summed E-state index contributed by atoms with van der Waals surface area (Å²) in [6, 6.07) is 15.2. The van der Waals surface area contributed by atoms with E-state index in [4.69, 9.17) is 9.47 Å². The second kappa shape index (κ2) is 7.55. The normalized spacial score (nSPS) is 18.1. The molecule has 2 heterocycles. The van der Waals surface area contributed by atoms with E-state index in [9.17, 15) is 18.0 Å². The number of alkyl halides is 3. The zero-order valence-electron chi connectivity index (χ0n) is 17.1. The van der Waals surface area contributed by atoms with Crippen molar-refractivity contribution in [1.29, 1.82) is 0 Å². The number of ketones is 1. The number of para-hydroxylation sites is 1. The number of allylic oxidation sites excluding steroid dienone is 2. The van der Waals surface area contributed by atoms with Crippen LogP contribution in [0.1, 0.15) is 42.0 Å². The Morgan fingerprint density at radius 2 is 1.78 bits per heavy atom. The molecule has 1 aliphatic carbocycles. The van der Waals surface area contributed by atoms with Crippen LogP contribution in [0.15, 0.2) is 65.9 Å². The minimum absolute atomic E-state index is 0.00204. The molecule has 1 unspecified atom stereocenters. The van der Waals surface area contributed by atoms with Crippen LogP contribution >= 0.6 is 0 Å². The van der Waals surface area contributed by atoms with Crippen LogP contribution in [0.25, 0.3) is 5.69 Å². The van der Waals surface area contributed by atoms with E-state index in [1.807, 2.05) is 0 Å². The van der Waals surface area contributed by atoms with E-state index in [1.54, 1.807) is 54.6 Å². The highest BCUT2D eigenvalue weighted by Gasteiger charge is 2.48. The number of aromatic nitrogens is 2. The Labute approximate surface area is 182 Å². The molecule has 1 aliphatic heterocycles. The summed E-state index contributed by atoms with van der Waals surface area (Å²) >= 11 is 0. The van der Waals surface area contributed by atoms with Gasteiger partial charge in [-0.15, -0.1) is 0 Å². The van der Waals surface area contributed by atoms with Gasteiger partial charge < -0.3 is 9.47 Å². The average Bonchev–Trinajstić information content (AvgIpc) is 3.18. The van der Waals surface area contributed by atoms with Gasteiger partial charge in [0.25, 0.3) is 0 Å². The van der Waals surface area contributed by atoms with Gasteiger partial charge in [0, 0.05) is 24.3 Å². The fraction of sp³-hybridized carbons (Fsp3) is 0.250. The first-order chi connectivity index (χ1) is 15.4. The molecule has 1 aromatic heterocycles. The first kappa shape index (κ1) is 20.4. The van der Waals surface area contributed by atoms with Crippen molar-refractivity contribution in [1.82, 2.24) is 9.78 Å². The van der Waals surface area contributed by atoms with Crippen LogP contribution in [0, 0.1) is 0 Å². The number of carbonyl (C=O) groups excluding carboxylic acids is 1. The lowest BCUT2D eigenvalue weighted by Gasteiger charge is -2.32. The predicted molar refractivity (Wildman–Crippen MR) is 110 cm³/mol. The fourth-order valence-corrected chi connectivity index (χ4v) is 4.38. The summed E-state index contributed by atoms with van der Waals surface area (Å²) in [5, 5.41) is 3.93. The van der Waals surface area contributed by atoms with E-state index in [-0.39, 0.29) is 29.2 Å². The number of Topliss-reactive ketones (excluding diaryl/α,β-unsaturated/α-hetero) is 1. The number of fused-ring (bicyclic) bond motifs is 1. The molecule has 32 heavy (non-hydrogen) atoms. The van der Waals surface area contributed by atoms with Crippen molar-refractivity contribution in [2.45, 2.75) is 31.4 Å². The Morgan fingerprint density at radius 1 is 1.06 bits per heavy atom. The number of halogens is 3. The number of hydrogen-bond donors (Lipinski definition) is 0. The zero-order valence-corrected chi connectivity index (χ0v) is 17.1. The van der Waals surface area contributed by atoms with E-state index in [0.29, 0.717) is 35.6 Å². The Kier molecular flexibility index (Phi) is 4.80. The molecule has 164 valence electrons. The van der Waals surface area contributed by atoms with Crippen LogP contribution in [0.3, 0.4) is 0 Å². The van der Waals surface area contributed by atoms with Crippen molar-refractivity contribution in [3.8, 4) is 17.3 Å². The van der Waals surface area contributed by atoms with Crippen LogP contribution in [0.5, 0.6) is 11.6 Å². The average molecular weight is 440 g/mol. The van der Waals surface area contributed by atoms with Gasteiger partial charge in [0.2, 0.25) is 5.88 Å². The van der Waals surface area contributed by atoms with Gasteiger partial charge in [-0.2, -0.15) is 23.0 Å². The molecule has 5 rings (SSSR count). The van der Waals surface area contributed by atoms with Gasteiger partial charge in [-0.05, 0) is 36.2 Å². The summed E-state index contributed by atoms with van der Waals surface area (Å²) in [6.07, 6.45) is -3.38. The Hall–Kier alpha value is -3.55. The van der Waals surface area contributed by atoms with Crippen molar-refractivity contribution in [2.24, 2.45) is 0 Å². The lowest BCUT2D eigenvalue weighted by Crippen LogP contribution is -2.27. The summed E-state index contributed by atoms with van der Waals surface area (Å²) in [5.74, 6) is -0.140. The molecule has 2 aliphatic rings. The minimum Gasteiger partial charge on any atom is -0.497 e. The van der Waals surface area contributed by atoms with Crippen LogP contribution in [-0.4, -0.2) is 22.7 Å². The number of nitrogens with zero attached hydrogens (tertiary/aromatic N) is 2. The first-order valence-electron chi connectivity index (χ1n) is 10.2. The van der Waals surface area contributed by atoms with Crippen LogP contribution in [-0.2, 0) is 11.0 Å². The molecular formula is C24H19F3N2O3. The Balaban J connectivity index is 1.80. The maximum absolute atomic E-state index is 14.2. The second-order valence-corrected chi connectivity index (χ2v) is 7.73. The van der Waals surface area contributed by atoms with Crippen molar-refractivity contribution in [2.75, 3.05) is 7.11 Å². The molecule has 0 saturated heterocycles. The fourth-order valence-electron chi connectivity index (χ4n) is 4.38. The van der Waals surface area contributed by atoms with Crippen molar-refractivity contribution in [3.05, 3.63) is 82.8 Å². The third kappa shape index (κ3) is 3.26. The lowest BCUT2D eigenvalue weighted by atomic mass is 9.77. The molecule has 8 heteroatoms.